The van der Waals surface area contributed by atoms with Crippen LogP contribution >= 0.6 is 23.6 Å². The molecule has 1 heterocycles. The molecule has 5 nitrogen and oxygen atoms in total. The number of amides is 1. The maximum Gasteiger partial charge on any atom is 0.226 e. The van der Waals surface area contributed by atoms with Gasteiger partial charge in [-0.2, -0.15) is 0 Å². The number of carbonyl (C=O) groups is 1. The number of carbonyl (C=O) groups excluding carboxylic acids is 1. The summed E-state index contributed by atoms with van der Waals surface area (Å²) in [6.07, 6.45) is 7.00. The van der Waals surface area contributed by atoms with Crippen LogP contribution in [0.4, 0.5) is 5.13 Å². The Balaban J connectivity index is 2.19. The molecule has 20 heavy (non-hydrogen) atoms. The Bertz CT molecular complexity index is 434. The third-order valence-corrected chi connectivity index (χ3v) is 3.94. The predicted octanol–water partition coefficient (Wildman–Crippen LogP) is 3.27. The van der Waals surface area contributed by atoms with E-state index in [2.05, 4.69) is 27.8 Å². The van der Waals surface area contributed by atoms with E-state index < -0.39 is 0 Å². The molecule has 0 fully saturated rings. The van der Waals surface area contributed by atoms with Gasteiger partial charge in [0.2, 0.25) is 11.0 Å². The quantitative estimate of drug-likeness (QED) is 0.569. The maximum atomic E-state index is 11.7. The van der Waals surface area contributed by atoms with Gasteiger partial charge in [-0.3, -0.25) is 4.79 Å². The van der Waals surface area contributed by atoms with Gasteiger partial charge in [-0.15, -0.1) is 10.2 Å². The van der Waals surface area contributed by atoms with E-state index in [1.54, 1.807) is 0 Å². The fraction of sp³-hybridized carbons (Fsp3) is 0.692. The van der Waals surface area contributed by atoms with Crippen LogP contribution in [0, 0.1) is 0 Å². The second-order valence-electron chi connectivity index (χ2n) is 4.52. The van der Waals surface area contributed by atoms with Crippen LogP contribution in [0.15, 0.2) is 0 Å². The predicted molar refractivity (Wildman–Crippen MR) is 87.0 cm³/mol. The van der Waals surface area contributed by atoms with E-state index in [4.69, 9.17) is 12.2 Å². The van der Waals surface area contributed by atoms with Gasteiger partial charge in [0.1, 0.15) is 5.01 Å². The van der Waals surface area contributed by atoms with Crippen LogP contribution in [0.3, 0.4) is 0 Å². The van der Waals surface area contributed by atoms with Crippen LogP contribution in [-0.4, -0.2) is 21.2 Å². The fourth-order valence-corrected chi connectivity index (χ4v) is 2.61. The van der Waals surface area contributed by atoms with Gasteiger partial charge < -0.3 is 10.6 Å². The molecule has 0 aliphatic rings. The summed E-state index contributed by atoms with van der Waals surface area (Å²) in [5.41, 5.74) is 0. The Kier molecular flexibility index (Phi) is 8.29. The molecule has 2 N–H and O–H groups in total. The molecule has 0 bridgehead atoms. The van der Waals surface area contributed by atoms with Crippen molar-refractivity contribution in [2.24, 2.45) is 0 Å². The number of aryl methyl sites for hydroxylation is 1. The Labute approximate surface area is 129 Å². The van der Waals surface area contributed by atoms with Gasteiger partial charge in [0, 0.05) is 6.42 Å². The molecule has 0 radical (unpaired) electrons. The monoisotopic (exact) mass is 314 g/mol. The molecule has 0 aliphatic carbocycles. The van der Waals surface area contributed by atoms with Gasteiger partial charge >= 0.3 is 0 Å². The zero-order valence-electron chi connectivity index (χ0n) is 12.1. The molecule has 0 saturated carbocycles. The van der Waals surface area contributed by atoms with Gasteiger partial charge in [-0.25, -0.2) is 0 Å². The number of nitrogens with one attached hydrogen (secondary N) is 2. The van der Waals surface area contributed by atoms with Crippen LogP contribution in [0.1, 0.15) is 57.4 Å². The Morgan fingerprint density at radius 1 is 1.20 bits per heavy atom. The van der Waals surface area contributed by atoms with Gasteiger partial charge in [-0.1, -0.05) is 50.9 Å². The minimum Gasteiger partial charge on any atom is -0.307 e. The summed E-state index contributed by atoms with van der Waals surface area (Å²) in [6, 6.07) is 0. The zero-order valence-corrected chi connectivity index (χ0v) is 13.7. The van der Waals surface area contributed by atoms with Crippen LogP contribution < -0.4 is 10.6 Å². The Hall–Kier alpha value is -1.08. The summed E-state index contributed by atoms with van der Waals surface area (Å²) >= 11 is 6.52. The minimum atomic E-state index is -0.0424. The van der Waals surface area contributed by atoms with Crippen molar-refractivity contribution in [1.29, 1.82) is 0 Å². The largest absolute Gasteiger partial charge is 0.307 e. The van der Waals surface area contributed by atoms with Crippen molar-refractivity contribution >= 4 is 39.7 Å². The Morgan fingerprint density at radius 2 is 1.95 bits per heavy atom. The summed E-state index contributed by atoms with van der Waals surface area (Å²) in [7, 11) is 0. The lowest BCUT2D eigenvalue weighted by atomic mass is 10.1. The van der Waals surface area contributed by atoms with Crippen molar-refractivity contribution in [1.82, 2.24) is 15.5 Å². The molecule has 1 rings (SSSR count). The SMILES string of the molecule is CCCCCCCC(=O)NC(=S)Nc1nnc(CC)s1. The highest BCUT2D eigenvalue weighted by molar-refractivity contribution is 7.80. The molecule has 0 saturated heterocycles. The number of hydrogen-bond acceptors (Lipinski definition) is 5. The topological polar surface area (TPSA) is 66.9 Å². The summed E-state index contributed by atoms with van der Waals surface area (Å²) in [5, 5.41) is 15.3. The molecular formula is C13H22N4OS2. The number of thiocarbonyl (C=S) groups is 1. The first-order valence-electron chi connectivity index (χ1n) is 7.09. The second kappa shape index (κ2) is 9.77. The highest BCUT2D eigenvalue weighted by Crippen LogP contribution is 2.15. The molecule has 7 heteroatoms. The molecule has 1 amide bonds. The molecule has 0 aromatic carbocycles. The smallest absolute Gasteiger partial charge is 0.226 e. The molecule has 112 valence electrons. The first kappa shape index (κ1) is 17.0. The van der Waals surface area contributed by atoms with Crippen LogP contribution in [0.2, 0.25) is 0 Å². The van der Waals surface area contributed by atoms with Crippen molar-refractivity contribution < 1.29 is 4.79 Å². The fourth-order valence-electron chi connectivity index (χ4n) is 1.65. The number of anilines is 1. The lowest BCUT2D eigenvalue weighted by Crippen LogP contribution is -2.33. The number of nitrogens with zero attached hydrogens (tertiary/aromatic N) is 2. The minimum absolute atomic E-state index is 0.0424. The highest BCUT2D eigenvalue weighted by atomic mass is 32.1. The maximum absolute atomic E-state index is 11.7. The average Bonchev–Trinajstić information content (AvgIpc) is 2.86. The molecule has 0 unspecified atom stereocenters. The lowest BCUT2D eigenvalue weighted by Gasteiger charge is -2.06. The van der Waals surface area contributed by atoms with Crippen molar-refractivity contribution in [2.45, 2.75) is 58.8 Å². The van der Waals surface area contributed by atoms with Gasteiger partial charge in [0.15, 0.2) is 5.11 Å². The van der Waals surface area contributed by atoms with Crippen LogP contribution in [0.5, 0.6) is 0 Å². The average molecular weight is 314 g/mol. The Morgan fingerprint density at radius 3 is 2.60 bits per heavy atom. The zero-order chi connectivity index (χ0) is 14.8. The van der Waals surface area contributed by atoms with E-state index >= 15 is 0 Å². The molecule has 0 spiro atoms. The van der Waals surface area contributed by atoms with Gasteiger partial charge in [0.05, 0.1) is 0 Å². The summed E-state index contributed by atoms with van der Waals surface area (Å²) in [6.45, 7) is 4.19. The van der Waals surface area contributed by atoms with Crippen LogP contribution in [-0.2, 0) is 11.2 Å². The number of unbranched alkanes of at least 4 members (excludes halogenated alkanes) is 4. The van der Waals surface area contributed by atoms with E-state index in [0.29, 0.717) is 16.7 Å². The van der Waals surface area contributed by atoms with Gasteiger partial charge in [0.25, 0.3) is 0 Å². The van der Waals surface area contributed by atoms with Crippen LogP contribution in [0.25, 0.3) is 0 Å². The third kappa shape index (κ3) is 6.91. The van der Waals surface area contributed by atoms with E-state index in [1.165, 1.54) is 30.6 Å². The number of aromatic nitrogens is 2. The summed E-state index contributed by atoms with van der Waals surface area (Å²) in [4.78, 5) is 11.7. The summed E-state index contributed by atoms with van der Waals surface area (Å²) in [5.74, 6) is -0.0424. The molecule has 0 atom stereocenters. The van der Waals surface area contributed by atoms with Gasteiger partial charge in [-0.05, 0) is 25.1 Å². The van der Waals surface area contributed by atoms with Crippen molar-refractivity contribution in [2.75, 3.05) is 5.32 Å². The lowest BCUT2D eigenvalue weighted by molar-refractivity contribution is -0.119. The van der Waals surface area contributed by atoms with Crippen molar-refractivity contribution in [3.8, 4) is 0 Å². The number of rotatable bonds is 8. The standard InChI is InChI=1S/C13H22N4OS2/c1-3-5-6-7-8-9-10(18)14-12(19)15-13-17-16-11(4-2)20-13/h3-9H2,1-2H3,(H2,14,15,17,18,19). The van der Waals surface area contributed by atoms with E-state index in [1.807, 2.05) is 6.92 Å². The first-order valence-corrected chi connectivity index (χ1v) is 8.31. The van der Waals surface area contributed by atoms with E-state index in [9.17, 15) is 4.79 Å². The second-order valence-corrected chi connectivity index (χ2v) is 5.99. The highest BCUT2D eigenvalue weighted by Gasteiger charge is 2.07. The normalized spacial score (nSPS) is 10.3. The van der Waals surface area contributed by atoms with E-state index in [-0.39, 0.29) is 5.91 Å². The first-order chi connectivity index (χ1) is 9.65. The third-order valence-electron chi connectivity index (χ3n) is 2.75. The molecule has 1 aromatic heterocycles. The number of hydrogen-bond donors (Lipinski definition) is 2. The van der Waals surface area contributed by atoms with Crippen molar-refractivity contribution in [3.05, 3.63) is 5.01 Å². The van der Waals surface area contributed by atoms with Crippen molar-refractivity contribution in [3.63, 3.8) is 0 Å². The molecule has 0 aliphatic heterocycles. The molecular weight excluding hydrogens is 292 g/mol. The summed E-state index contributed by atoms with van der Waals surface area (Å²) < 4.78 is 0. The molecule has 1 aromatic rings. The van der Waals surface area contributed by atoms with E-state index in [0.717, 1.165) is 24.3 Å².